The van der Waals surface area contributed by atoms with Gasteiger partial charge in [0.1, 0.15) is 0 Å². The minimum atomic E-state index is -0.963. The molecule has 29 heavy (non-hydrogen) atoms. The Morgan fingerprint density at radius 1 is 0.966 bits per heavy atom. The number of imide groups is 1. The minimum Gasteiger partial charge on any atom is -0.478 e. The van der Waals surface area contributed by atoms with Gasteiger partial charge >= 0.3 is 5.97 Å². The van der Waals surface area contributed by atoms with Crippen molar-refractivity contribution in [2.75, 3.05) is 0 Å². The van der Waals surface area contributed by atoms with Gasteiger partial charge in [0, 0.05) is 9.75 Å². The Balaban J connectivity index is 1.52. The van der Waals surface area contributed by atoms with Crippen molar-refractivity contribution in [3.05, 3.63) is 87.6 Å². The van der Waals surface area contributed by atoms with Crippen LogP contribution in [0.3, 0.4) is 0 Å². The number of carbonyl (C=O) groups is 3. The quantitative estimate of drug-likeness (QED) is 0.562. The van der Waals surface area contributed by atoms with Crippen LogP contribution in [0.2, 0.25) is 0 Å². The number of hydrogen-bond donors (Lipinski definition) is 1. The molecule has 3 aromatic rings. The fourth-order valence-electron chi connectivity index (χ4n) is 2.89. The van der Waals surface area contributed by atoms with E-state index in [9.17, 15) is 14.4 Å². The molecule has 0 aliphatic carbocycles. The number of amides is 2. The molecule has 2 heterocycles. The van der Waals surface area contributed by atoms with Gasteiger partial charge in [0.2, 0.25) is 0 Å². The summed E-state index contributed by atoms with van der Waals surface area (Å²) in [6.07, 6.45) is 1.73. The zero-order valence-corrected chi connectivity index (χ0v) is 16.7. The number of carbonyl (C=O) groups excluding carboxylic acids is 2. The van der Waals surface area contributed by atoms with Crippen molar-refractivity contribution >= 4 is 46.3 Å². The second-order valence-corrected chi connectivity index (χ2v) is 8.45. The molecule has 5 nitrogen and oxygen atoms in total. The highest BCUT2D eigenvalue weighted by molar-refractivity contribution is 8.18. The van der Waals surface area contributed by atoms with E-state index in [-0.39, 0.29) is 23.3 Å². The fraction of sp³-hybridized carbons (Fsp3) is 0.0455. The van der Waals surface area contributed by atoms with Crippen LogP contribution in [0.25, 0.3) is 16.5 Å². The van der Waals surface area contributed by atoms with Gasteiger partial charge in [-0.25, -0.2) is 4.79 Å². The standard InChI is InChI=1S/C22H15NO4S2/c24-20-19(29-22(27)23(20)13-14-4-2-1-3-5-14)12-17-10-11-18(28-17)15-6-8-16(9-7-15)21(25)26/h1-12H,13H2,(H,25,26)/b19-12-. The number of thioether (sulfide) groups is 1. The summed E-state index contributed by atoms with van der Waals surface area (Å²) in [7, 11) is 0. The van der Waals surface area contributed by atoms with E-state index in [1.165, 1.54) is 16.2 Å². The van der Waals surface area contributed by atoms with Crippen molar-refractivity contribution in [3.63, 3.8) is 0 Å². The van der Waals surface area contributed by atoms with Crippen molar-refractivity contribution in [1.29, 1.82) is 0 Å². The second-order valence-electron chi connectivity index (χ2n) is 6.34. The summed E-state index contributed by atoms with van der Waals surface area (Å²) in [6.45, 7) is 0.258. The van der Waals surface area contributed by atoms with Crippen molar-refractivity contribution in [2.24, 2.45) is 0 Å². The first-order valence-electron chi connectivity index (χ1n) is 8.74. The molecular formula is C22H15NO4S2. The highest BCUT2D eigenvalue weighted by atomic mass is 32.2. The lowest BCUT2D eigenvalue weighted by Crippen LogP contribution is -2.27. The SMILES string of the molecule is O=C(O)c1ccc(-c2ccc(/C=C3\SC(=O)N(Cc4ccccc4)C3=O)s2)cc1. The molecule has 0 saturated carbocycles. The van der Waals surface area contributed by atoms with E-state index in [4.69, 9.17) is 5.11 Å². The van der Waals surface area contributed by atoms with Crippen LogP contribution in [-0.2, 0) is 11.3 Å². The van der Waals surface area contributed by atoms with E-state index < -0.39 is 5.97 Å². The monoisotopic (exact) mass is 421 g/mol. The Morgan fingerprint density at radius 3 is 2.38 bits per heavy atom. The summed E-state index contributed by atoms with van der Waals surface area (Å²) in [5, 5.41) is 8.73. The molecule has 0 spiro atoms. The van der Waals surface area contributed by atoms with Crippen LogP contribution in [-0.4, -0.2) is 27.1 Å². The van der Waals surface area contributed by atoms with Gasteiger partial charge < -0.3 is 5.11 Å². The summed E-state index contributed by atoms with van der Waals surface area (Å²) < 4.78 is 0. The van der Waals surface area contributed by atoms with Crippen molar-refractivity contribution in [2.45, 2.75) is 6.54 Å². The summed E-state index contributed by atoms with van der Waals surface area (Å²) in [5.74, 6) is -1.25. The highest BCUT2D eigenvalue weighted by Gasteiger charge is 2.35. The van der Waals surface area contributed by atoms with Gasteiger partial charge in [-0.3, -0.25) is 14.5 Å². The third-order valence-electron chi connectivity index (χ3n) is 4.37. The largest absolute Gasteiger partial charge is 0.478 e. The summed E-state index contributed by atoms with van der Waals surface area (Å²) in [6, 6.07) is 19.8. The fourth-order valence-corrected chi connectivity index (χ4v) is 4.75. The van der Waals surface area contributed by atoms with Crippen LogP contribution < -0.4 is 0 Å². The normalized spacial score (nSPS) is 15.3. The number of carboxylic acids is 1. The zero-order chi connectivity index (χ0) is 20.4. The molecule has 1 aliphatic heterocycles. The molecule has 1 aromatic heterocycles. The molecule has 1 saturated heterocycles. The Kier molecular flexibility index (Phi) is 5.33. The van der Waals surface area contributed by atoms with Crippen LogP contribution in [0.5, 0.6) is 0 Å². The summed E-state index contributed by atoms with van der Waals surface area (Å²) >= 11 is 2.42. The molecule has 7 heteroatoms. The van der Waals surface area contributed by atoms with Gasteiger partial charge in [0.05, 0.1) is 17.0 Å². The number of carboxylic acid groups (broad SMARTS) is 1. The van der Waals surface area contributed by atoms with E-state index in [1.54, 1.807) is 30.3 Å². The molecule has 4 rings (SSSR count). The van der Waals surface area contributed by atoms with E-state index >= 15 is 0 Å². The molecule has 0 atom stereocenters. The highest BCUT2D eigenvalue weighted by Crippen LogP contribution is 2.36. The smallest absolute Gasteiger partial charge is 0.335 e. The molecule has 1 aliphatic rings. The summed E-state index contributed by atoms with van der Waals surface area (Å²) in [4.78, 5) is 39.4. The second kappa shape index (κ2) is 8.06. The third-order valence-corrected chi connectivity index (χ3v) is 6.36. The number of nitrogens with zero attached hydrogens (tertiary/aromatic N) is 1. The Morgan fingerprint density at radius 2 is 1.69 bits per heavy atom. The topological polar surface area (TPSA) is 74.7 Å². The maximum atomic E-state index is 12.7. The minimum absolute atomic E-state index is 0.234. The molecule has 2 aromatic carbocycles. The number of aromatic carboxylic acids is 1. The first-order valence-corrected chi connectivity index (χ1v) is 10.4. The maximum absolute atomic E-state index is 12.7. The van der Waals surface area contributed by atoms with Crippen molar-refractivity contribution in [3.8, 4) is 10.4 Å². The van der Waals surface area contributed by atoms with Gasteiger partial charge in [0.15, 0.2) is 0 Å². The molecule has 0 unspecified atom stereocenters. The van der Waals surface area contributed by atoms with E-state index in [1.807, 2.05) is 42.5 Å². The van der Waals surface area contributed by atoms with Gasteiger partial charge in [0.25, 0.3) is 11.1 Å². The Labute approximate surface area is 175 Å². The predicted molar refractivity (Wildman–Crippen MR) is 115 cm³/mol. The van der Waals surface area contributed by atoms with Crippen molar-refractivity contribution < 1.29 is 19.5 Å². The lowest BCUT2D eigenvalue weighted by molar-refractivity contribution is -0.123. The molecule has 1 N–H and O–H groups in total. The van der Waals surface area contributed by atoms with E-state index in [0.29, 0.717) is 4.91 Å². The van der Waals surface area contributed by atoms with Crippen LogP contribution >= 0.6 is 23.1 Å². The molecule has 144 valence electrons. The molecule has 0 bridgehead atoms. The Bertz CT molecular complexity index is 1120. The number of benzene rings is 2. The number of thiophene rings is 1. The average Bonchev–Trinajstić information content (AvgIpc) is 3.29. The Hall–Kier alpha value is -3.16. The summed E-state index contributed by atoms with van der Waals surface area (Å²) in [5.41, 5.74) is 2.04. The average molecular weight is 421 g/mol. The van der Waals surface area contributed by atoms with Gasteiger partial charge in [-0.15, -0.1) is 11.3 Å². The van der Waals surface area contributed by atoms with Gasteiger partial charge in [-0.2, -0.15) is 0 Å². The molecule has 0 radical (unpaired) electrons. The first-order chi connectivity index (χ1) is 14.0. The molecular weight excluding hydrogens is 406 g/mol. The van der Waals surface area contributed by atoms with E-state index in [0.717, 1.165) is 32.6 Å². The van der Waals surface area contributed by atoms with Crippen molar-refractivity contribution in [1.82, 2.24) is 4.90 Å². The van der Waals surface area contributed by atoms with E-state index in [2.05, 4.69) is 0 Å². The van der Waals surface area contributed by atoms with Crippen LogP contribution in [0.1, 0.15) is 20.8 Å². The molecule has 1 fully saturated rings. The molecule has 2 amide bonds. The lowest BCUT2D eigenvalue weighted by atomic mass is 10.1. The van der Waals surface area contributed by atoms with Crippen LogP contribution in [0.4, 0.5) is 4.79 Å². The number of rotatable bonds is 5. The number of hydrogen-bond acceptors (Lipinski definition) is 5. The third kappa shape index (κ3) is 4.16. The van der Waals surface area contributed by atoms with Crippen LogP contribution in [0, 0.1) is 0 Å². The lowest BCUT2D eigenvalue weighted by Gasteiger charge is -2.11. The maximum Gasteiger partial charge on any atom is 0.335 e. The first kappa shape index (κ1) is 19.2. The predicted octanol–water partition coefficient (Wildman–Crippen LogP) is 5.35. The van der Waals surface area contributed by atoms with Crippen LogP contribution in [0.15, 0.2) is 71.6 Å². The zero-order valence-electron chi connectivity index (χ0n) is 15.1. The van der Waals surface area contributed by atoms with Gasteiger partial charge in [-0.05, 0) is 53.2 Å². The van der Waals surface area contributed by atoms with Gasteiger partial charge in [-0.1, -0.05) is 42.5 Å².